The summed E-state index contributed by atoms with van der Waals surface area (Å²) in [4.78, 5) is 12.8. The van der Waals surface area contributed by atoms with Crippen molar-refractivity contribution in [3.05, 3.63) is 77.3 Å². The van der Waals surface area contributed by atoms with Crippen LogP contribution in [-0.4, -0.2) is 11.9 Å². The minimum atomic E-state index is -0.395. The van der Waals surface area contributed by atoms with E-state index >= 15 is 0 Å². The molecular formula is C27H27Cl3O2. The molecule has 0 amide bonds. The fourth-order valence-corrected chi connectivity index (χ4v) is 5.98. The standard InChI is InChI=1S/C27H27Cl3O2/c1-8-17-22(28)15(6)20(24(30)23(17)29)21-18-9-11(2)13(4)14(5)26(18)32-27-16(7)25(31)12(3)10-19(21)27/h9-10,16,27H,8H2,1-7H3. The lowest BCUT2D eigenvalue weighted by Gasteiger charge is -2.38. The lowest BCUT2D eigenvalue weighted by molar-refractivity contribution is -0.121. The SMILES string of the molecule is CCc1c(Cl)c(C)c(C2=C3C=C(C)C(=O)C(C)C3Oc3c2cc(C)c(C)c3C)c(Cl)c1Cl. The molecule has 0 aromatic heterocycles. The van der Waals surface area contributed by atoms with Gasteiger partial charge in [-0.05, 0) is 86.6 Å². The number of allylic oxidation sites excluding steroid dienone is 1. The predicted octanol–water partition coefficient (Wildman–Crippen LogP) is 8.17. The average molecular weight is 490 g/mol. The molecule has 0 bridgehead atoms. The van der Waals surface area contributed by atoms with Crippen molar-refractivity contribution < 1.29 is 9.53 Å². The quantitative estimate of drug-likeness (QED) is 0.398. The number of carbonyl (C=O) groups excluding carboxylic acids is 1. The molecule has 0 fully saturated rings. The van der Waals surface area contributed by atoms with Crippen molar-refractivity contribution in [3.8, 4) is 5.75 Å². The molecule has 4 rings (SSSR count). The van der Waals surface area contributed by atoms with Crippen molar-refractivity contribution in [2.75, 3.05) is 0 Å². The molecule has 2 atom stereocenters. The van der Waals surface area contributed by atoms with Gasteiger partial charge in [-0.2, -0.15) is 0 Å². The van der Waals surface area contributed by atoms with Gasteiger partial charge in [-0.3, -0.25) is 4.79 Å². The third-order valence-electron chi connectivity index (χ3n) is 7.09. The maximum atomic E-state index is 12.8. The molecule has 2 aromatic carbocycles. The number of carbonyl (C=O) groups is 1. The fraction of sp³-hybridized carbons (Fsp3) is 0.370. The van der Waals surface area contributed by atoms with E-state index in [-0.39, 0.29) is 11.7 Å². The zero-order valence-corrected chi connectivity index (χ0v) is 21.7. The summed E-state index contributed by atoms with van der Waals surface area (Å²) < 4.78 is 6.54. The second-order valence-corrected chi connectivity index (χ2v) is 10.1. The molecule has 1 aliphatic carbocycles. The first kappa shape index (κ1) is 23.4. The Labute approximate surface area is 205 Å². The van der Waals surface area contributed by atoms with Gasteiger partial charge in [0.2, 0.25) is 0 Å². The zero-order chi connectivity index (χ0) is 23.6. The van der Waals surface area contributed by atoms with E-state index in [0.717, 1.165) is 50.3 Å². The first-order chi connectivity index (χ1) is 15.0. The molecule has 2 aliphatic rings. The Balaban J connectivity index is 2.20. The number of aryl methyl sites for hydroxylation is 1. The summed E-state index contributed by atoms with van der Waals surface area (Å²) in [6, 6.07) is 2.14. The summed E-state index contributed by atoms with van der Waals surface area (Å²) >= 11 is 20.5. The third-order valence-corrected chi connectivity index (χ3v) is 8.49. The number of ketones is 1. The smallest absolute Gasteiger partial charge is 0.165 e. The molecule has 168 valence electrons. The largest absolute Gasteiger partial charge is 0.484 e. The van der Waals surface area contributed by atoms with Crippen LogP contribution < -0.4 is 4.74 Å². The fourth-order valence-electron chi connectivity index (χ4n) is 4.94. The molecule has 0 spiro atoms. The van der Waals surface area contributed by atoms with E-state index in [4.69, 9.17) is 39.5 Å². The van der Waals surface area contributed by atoms with Crippen molar-refractivity contribution in [3.63, 3.8) is 0 Å². The lowest BCUT2D eigenvalue weighted by atomic mass is 9.75. The number of Topliss-reactive ketones (excluding diaryl/α,β-unsaturated/α-hetero) is 1. The molecule has 5 heteroatoms. The normalized spacial score (nSPS) is 20.1. The van der Waals surface area contributed by atoms with Gasteiger partial charge in [0.1, 0.15) is 11.9 Å². The Morgan fingerprint density at radius 1 is 0.938 bits per heavy atom. The first-order valence-electron chi connectivity index (χ1n) is 10.9. The minimum absolute atomic E-state index is 0.100. The molecule has 0 saturated carbocycles. The van der Waals surface area contributed by atoms with E-state index in [0.29, 0.717) is 27.1 Å². The molecule has 0 saturated heterocycles. The Morgan fingerprint density at radius 3 is 2.22 bits per heavy atom. The van der Waals surface area contributed by atoms with Crippen LogP contribution in [0.15, 0.2) is 23.3 Å². The van der Waals surface area contributed by atoms with Gasteiger partial charge >= 0.3 is 0 Å². The van der Waals surface area contributed by atoms with E-state index < -0.39 is 6.10 Å². The van der Waals surface area contributed by atoms with Crippen molar-refractivity contribution in [1.82, 2.24) is 0 Å². The third kappa shape index (κ3) is 3.26. The second-order valence-electron chi connectivity index (χ2n) is 8.94. The van der Waals surface area contributed by atoms with Gasteiger partial charge in [-0.15, -0.1) is 0 Å². The highest BCUT2D eigenvalue weighted by molar-refractivity contribution is 6.45. The number of benzene rings is 2. The van der Waals surface area contributed by atoms with Gasteiger partial charge in [0.25, 0.3) is 0 Å². The van der Waals surface area contributed by atoms with Gasteiger partial charge in [-0.1, -0.05) is 48.7 Å². The van der Waals surface area contributed by atoms with Crippen molar-refractivity contribution in [2.24, 2.45) is 5.92 Å². The van der Waals surface area contributed by atoms with Crippen LogP contribution in [0.5, 0.6) is 5.75 Å². The molecule has 2 nitrogen and oxygen atoms in total. The minimum Gasteiger partial charge on any atom is -0.484 e. The highest BCUT2D eigenvalue weighted by atomic mass is 35.5. The Kier molecular flexibility index (Phi) is 6.03. The van der Waals surface area contributed by atoms with Gasteiger partial charge in [0.05, 0.1) is 16.0 Å². The van der Waals surface area contributed by atoms with E-state index in [2.05, 4.69) is 26.8 Å². The first-order valence-corrected chi connectivity index (χ1v) is 12.0. The Morgan fingerprint density at radius 2 is 1.59 bits per heavy atom. The predicted molar refractivity (Wildman–Crippen MR) is 135 cm³/mol. The van der Waals surface area contributed by atoms with Gasteiger partial charge < -0.3 is 4.74 Å². The average Bonchev–Trinajstić information content (AvgIpc) is 2.76. The van der Waals surface area contributed by atoms with Crippen LogP contribution in [0.4, 0.5) is 0 Å². The molecule has 0 radical (unpaired) electrons. The van der Waals surface area contributed by atoms with Crippen LogP contribution in [0.25, 0.3) is 5.57 Å². The number of fused-ring (bicyclic) bond motifs is 2. The van der Waals surface area contributed by atoms with Crippen molar-refractivity contribution in [1.29, 1.82) is 0 Å². The second kappa shape index (κ2) is 8.24. The topological polar surface area (TPSA) is 26.3 Å². The van der Waals surface area contributed by atoms with Crippen LogP contribution in [0.1, 0.15) is 59.7 Å². The summed E-state index contributed by atoms with van der Waals surface area (Å²) in [6.07, 6.45) is 2.24. The summed E-state index contributed by atoms with van der Waals surface area (Å²) in [5, 5.41) is 1.61. The molecule has 1 aliphatic heterocycles. The van der Waals surface area contributed by atoms with Crippen LogP contribution in [0, 0.1) is 33.6 Å². The van der Waals surface area contributed by atoms with Crippen LogP contribution in [0.3, 0.4) is 0 Å². The van der Waals surface area contributed by atoms with Gasteiger partial charge in [0, 0.05) is 27.3 Å². The van der Waals surface area contributed by atoms with Gasteiger partial charge in [0.15, 0.2) is 5.78 Å². The van der Waals surface area contributed by atoms with Gasteiger partial charge in [-0.25, -0.2) is 0 Å². The monoisotopic (exact) mass is 488 g/mol. The van der Waals surface area contributed by atoms with Crippen molar-refractivity contribution in [2.45, 2.75) is 61.0 Å². The molecule has 32 heavy (non-hydrogen) atoms. The van der Waals surface area contributed by atoms with E-state index in [9.17, 15) is 4.79 Å². The lowest BCUT2D eigenvalue weighted by Crippen LogP contribution is -2.39. The Hall–Kier alpha value is -1.74. The van der Waals surface area contributed by atoms with E-state index in [1.165, 1.54) is 5.56 Å². The molecule has 1 heterocycles. The molecule has 2 aromatic rings. The number of halogens is 3. The maximum absolute atomic E-state index is 12.8. The molecule has 2 unspecified atom stereocenters. The van der Waals surface area contributed by atoms with E-state index in [1.54, 1.807) is 0 Å². The molecule has 0 N–H and O–H groups in total. The van der Waals surface area contributed by atoms with Crippen LogP contribution in [0.2, 0.25) is 15.1 Å². The summed E-state index contributed by atoms with van der Waals surface area (Å²) in [5.41, 5.74) is 9.54. The highest BCUT2D eigenvalue weighted by Crippen LogP contribution is 2.51. The molecular weight excluding hydrogens is 463 g/mol. The Bertz CT molecular complexity index is 1220. The summed E-state index contributed by atoms with van der Waals surface area (Å²) in [7, 11) is 0. The van der Waals surface area contributed by atoms with Crippen molar-refractivity contribution >= 4 is 46.2 Å². The zero-order valence-electron chi connectivity index (χ0n) is 19.5. The van der Waals surface area contributed by atoms with Crippen LogP contribution >= 0.6 is 34.8 Å². The summed E-state index contributed by atoms with van der Waals surface area (Å²) in [5.74, 6) is 0.592. The van der Waals surface area contributed by atoms with E-state index in [1.807, 2.05) is 33.8 Å². The number of rotatable bonds is 2. The highest BCUT2D eigenvalue weighted by Gasteiger charge is 2.40. The number of hydrogen-bond acceptors (Lipinski definition) is 2. The maximum Gasteiger partial charge on any atom is 0.165 e. The summed E-state index contributed by atoms with van der Waals surface area (Å²) in [6.45, 7) is 14.0. The van der Waals surface area contributed by atoms with Crippen LogP contribution in [-0.2, 0) is 11.2 Å². The number of ether oxygens (including phenoxy) is 1. The number of hydrogen-bond donors (Lipinski definition) is 0.